The molecule has 0 aromatic heterocycles. The maximum atomic E-state index is 11.8. The van der Waals surface area contributed by atoms with Gasteiger partial charge in [-0.1, -0.05) is 23.6 Å². The van der Waals surface area contributed by atoms with Crippen LogP contribution in [-0.4, -0.2) is 28.2 Å². The predicted molar refractivity (Wildman–Crippen MR) is 77.8 cm³/mol. The normalized spacial score (nSPS) is 11.2. The Kier molecular flexibility index (Phi) is 7.31. The molecule has 0 atom stereocenters. The maximum absolute atomic E-state index is 11.8. The van der Waals surface area contributed by atoms with E-state index >= 15 is 0 Å². The third-order valence-corrected chi connectivity index (χ3v) is 3.99. The lowest BCUT2D eigenvalue weighted by molar-refractivity contribution is 0.160. The van der Waals surface area contributed by atoms with Gasteiger partial charge in [0.05, 0.1) is 11.5 Å². The molecule has 110 valence electrons. The van der Waals surface area contributed by atoms with Crippen molar-refractivity contribution in [2.45, 2.75) is 31.1 Å². The average molecular weight is 296 g/mol. The van der Waals surface area contributed by atoms with E-state index in [0.29, 0.717) is 19.6 Å². The number of benzene rings is 1. The first-order chi connectivity index (χ1) is 9.56. The monoisotopic (exact) mass is 296 g/mol. The Balaban J connectivity index is 2.24. The molecule has 1 rings (SSSR count). The van der Waals surface area contributed by atoms with Gasteiger partial charge in [0.1, 0.15) is 6.61 Å². The first-order valence-corrected chi connectivity index (χ1v) is 7.94. The summed E-state index contributed by atoms with van der Waals surface area (Å²) in [4.78, 5) is 0.195. The van der Waals surface area contributed by atoms with Crippen LogP contribution in [0.4, 0.5) is 0 Å². The molecule has 0 unspecified atom stereocenters. The molecule has 0 saturated heterocycles. The van der Waals surface area contributed by atoms with E-state index in [4.69, 9.17) is 15.3 Å². The molecule has 0 bridgehead atoms. The smallest absolute Gasteiger partial charge is 0.296 e. The Morgan fingerprint density at radius 1 is 1.10 bits per heavy atom. The second kappa shape index (κ2) is 8.75. The van der Waals surface area contributed by atoms with Crippen molar-refractivity contribution in [3.63, 3.8) is 0 Å². The molecule has 0 aliphatic rings. The first kappa shape index (κ1) is 16.7. The average Bonchev–Trinajstić information content (AvgIpc) is 2.42. The van der Waals surface area contributed by atoms with Crippen LogP contribution in [0.5, 0.6) is 0 Å². The van der Waals surface area contributed by atoms with E-state index in [1.807, 2.05) is 6.92 Å². The van der Waals surface area contributed by atoms with Gasteiger partial charge in [0.2, 0.25) is 0 Å². The van der Waals surface area contributed by atoms with E-state index in [1.54, 1.807) is 24.3 Å². The topological polar surface area (TPSA) is 52.6 Å². The zero-order valence-electron chi connectivity index (χ0n) is 11.7. The predicted octanol–water partition coefficient (Wildman–Crippen LogP) is 2.52. The van der Waals surface area contributed by atoms with Crippen LogP contribution in [0.2, 0.25) is 0 Å². The molecule has 0 fully saturated rings. The number of terminal acetylenes is 1. The summed E-state index contributed by atoms with van der Waals surface area (Å²) in [6.45, 7) is 3.00. The number of ether oxygens (including phenoxy) is 1. The molecule has 0 aliphatic heterocycles. The standard InChI is InChI=1S/C15H20O4S/c1-3-11-18-12-5-4-6-13-19-20(16,17)15-9-7-14(2)8-10-15/h1,7-10H,4-6,11-13H2,2H3. The highest BCUT2D eigenvalue weighted by atomic mass is 32.2. The van der Waals surface area contributed by atoms with Crippen LogP contribution in [0.1, 0.15) is 24.8 Å². The summed E-state index contributed by atoms with van der Waals surface area (Å²) in [5.41, 5.74) is 1.01. The number of rotatable bonds is 9. The number of aryl methyl sites for hydroxylation is 1. The quantitative estimate of drug-likeness (QED) is 0.399. The second-order valence-electron chi connectivity index (χ2n) is 4.41. The molecule has 1 aromatic carbocycles. The highest BCUT2D eigenvalue weighted by Gasteiger charge is 2.14. The molecule has 20 heavy (non-hydrogen) atoms. The molecule has 0 saturated carbocycles. The Hall–Kier alpha value is -1.35. The van der Waals surface area contributed by atoms with Crippen molar-refractivity contribution in [1.82, 2.24) is 0 Å². The van der Waals surface area contributed by atoms with E-state index in [-0.39, 0.29) is 11.5 Å². The van der Waals surface area contributed by atoms with Gasteiger partial charge < -0.3 is 4.74 Å². The van der Waals surface area contributed by atoms with Gasteiger partial charge in [-0.2, -0.15) is 8.42 Å². The number of hydrogen-bond acceptors (Lipinski definition) is 4. The molecule has 0 spiro atoms. The van der Waals surface area contributed by atoms with Crippen LogP contribution in [-0.2, 0) is 19.0 Å². The van der Waals surface area contributed by atoms with Gasteiger partial charge in [0, 0.05) is 6.61 Å². The van der Waals surface area contributed by atoms with Gasteiger partial charge in [-0.3, -0.25) is 4.18 Å². The zero-order valence-corrected chi connectivity index (χ0v) is 12.5. The molecular formula is C15H20O4S. The van der Waals surface area contributed by atoms with Gasteiger partial charge in [0.15, 0.2) is 0 Å². The molecule has 5 heteroatoms. The van der Waals surface area contributed by atoms with Crippen molar-refractivity contribution in [3.05, 3.63) is 29.8 Å². The van der Waals surface area contributed by atoms with Gasteiger partial charge >= 0.3 is 0 Å². The Morgan fingerprint density at radius 2 is 1.75 bits per heavy atom. The third-order valence-electron chi connectivity index (χ3n) is 2.67. The third kappa shape index (κ3) is 6.20. The summed E-state index contributed by atoms with van der Waals surface area (Å²) in [5, 5.41) is 0. The Bertz CT molecular complexity index is 526. The van der Waals surface area contributed by atoms with Crippen LogP contribution >= 0.6 is 0 Å². The van der Waals surface area contributed by atoms with Crippen LogP contribution in [0.25, 0.3) is 0 Å². The Morgan fingerprint density at radius 3 is 2.40 bits per heavy atom. The molecule has 1 aromatic rings. The highest BCUT2D eigenvalue weighted by Crippen LogP contribution is 2.13. The van der Waals surface area contributed by atoms with E-state index in [2.05, 4.69) is 5.92 Å². The first-order valence-electron chi connectivity index (χ1n) is 6.53. The molecular weight excluding hydrogens is 276 g/mol. The fraction of sp³-hybridized carbons (Fsp3) is 0.467. The fourth-order valence-corrected chi connectivity index (χ4v) is 2.50. The summed E-state index contributed by atoms with van der Waals surface area (Å²) in [6, 6.07) is 6.61. The maximum Gasteiger partial charge on any atom is 0.296 e. The van der Waals surface area contributed by atoms with Crippen molar-refractivity contribution in [2.75, 3.05) is 19.8 Å². The van der Waals surface area contributed by atoms with Crippen LogP contribution in [0, 0.1) is 19.3 Å². The molecule has 4 nitrogen and oxygen atoms in total. The van der Waals surface area contributed by atoms with E-state index < -0.39 is 10.1 Å². The second-order valence-corrected chi connectivity index (χ2v) is 6.02. The molecule has 0 heterocycles. The molecule has 0 aliphatic carbocycles. The van der Waals surface area contributed by atoms with Crippen molar-refractivity contribution in [1.29, 1.82) is 0 Å². The molecule has 0 radical (unpaired) electrons. The van der Waals surface area contributed by atoms with Gasteiger partial charge in [-0.15, -0.1) is 6.42 Å². The summed E-state index contributed by atoms with van der Waals surface area (Å²) < 4.78 is 33.8. The van der Waals surface area contributed by atoms with Crippen molar-refractivity contribution < 1.29 is 17.3 Å². The molecule has 0 amide bonds. The zero-order chi connectivity index (χ0) is 14.8. The van der Waals surface area contributed by atoms with Crippen LogP contribution in [0.15, 0.2) is 29.2 Å². The van der Waals surface area contributed by atoms with Gasteiger partial charge in [-0.25, -0.2) is 0 Å². The lowest BCUT2D eigenvalue weighted by atomic mass is 10.2. The minimum atomic E-state index is -3.64. The van der Waals surface area contributed by atoms with Gasteiger partial charge in [-0.05, 0) is 38.3 Å². The van der Waals surface area contributed by atoms with E-state index in [1.165, 1.54) is 0 Å². The SMILES string of the molecule is C#CCOCCCCCOS(=O)(=O)c1ccc(C)cc1. The largest absolute Gasteiger partial charge is 0.369 e. The van der Waals surface area contributed by atoms with Crippen LogP contribution in [0.3, 0.4) is 0 Å². The van der Waals surface area contributed by atoms with Crippen LogP contribution < -0.4 is 0 Å². The number of hydrogen-bond donors (Lipinski definition) is 0. The van der Waals surface area contributed by atoms with Crippen molar-refractivity contribution in [2.24, 2.45) is 0 Å². The molecule has 0 N–H and O–H groups in total. The van der Waals surface area contributed by atoms with E-state index in [0.717, 1.165) is 18.4 Å². The summed E-state index contributed by atoms with van der Waals surface area (Å²) in [5.74, 6) is 2.39. The van der Waals surface area contributed by atoms with Gasteiger partial charge in [0.25, 0.3) is 10.1 Å². The van der Waals surface area contributed by atoms with Crippen molar-refractivity contribution >= 4 is 10.1 Å². The number of unbranched alkanes of at least 4 members (excludes halogenated alkanes) is 2. The summed E-state index contributed by atoms with van der Waals surface area (Å²) in [7, 11) is -3.64. The fourth-order valence-electron chi connectivity index (χ4n) is 1.56. The minimum Gasteiger partial charge on any atom is -0.369 e. The lowest BCUT2D eigenvalue weighted by Gasteiger charge is -2.06. The lowest BCUT2D eigenvalue weighted by Crippen LogP contribution is -2.08. The Labute approximate surface area is 121 Å². The summed E-state index contributed by atoms with van der Waals surface area (Å²) >= 11 is 0. The highest BCUT2D eigenvalue weighted by molar-refractivity contribution is 7.86. The summed E-state index contributed by atoms with van der Waals surface area (Å²) in [6.07, 6.45) is 7.40. The van der Waals surface area contributed by atoms with Crippen molar-refractivity contribution in [3.8, 4) is 12.3 Å². The van der Waals surface area contributed by atoms with E-state index in [9.17, 15) is 8.42 Å². The minimum absolute atomic E-state index is 0.186.